The topological polar surface area (TPSA) is 68.4 Å². The molecular formula is C15H14N2O3. The van der Waals surface area contributed by atoms with Crippen LogP contribution in [0.25, 0.3) is 22.2 Å². The van der Waals surface area contributed by atoms with E-state index >= 15 is 0 Å². The number of methoxy groups -OCH3 is 1. The Labute approximate surface area is 115 Å². The van der Waals surface area contributed by atoms with Crippen molar-refractivity contribution in [2.24, 2.45) is 0 Å². The fourth-order valence-corrected chi connectivity index (χ4v) is 2.01. The molecule has 1 aromatic heterocycles. The number of aromatic nitrogens is 2. The van der Waals surface area contributed by atoms with Gasteiger partial charge >= 0.3 is 0 Å². The Morgan fingerprint density at radius 1 is 1.20 bits per heavy atom. The van der Waals surface area contributed by atoms with Gasteiger partial charge in [-0.1, -0.05) is 29.4 Å². The zero-order chi connectivity index (χ0) is 14.1. The second-order valence-electron chi connectivity index (χ2n) is 4.55. The molecule has 0 aliphatic heterocycles. The van der Waals surface area contributed by atoms with E-state index in [-0.39, 0.29) is 17.7 Å². The highest BCUT2D eigenvalue weighted by Crippen LogP contribution is 2.32. The first-order chi connectivity index (χ1) is 9.69. The van der Waals surface area contributed by atoms with Gasteiger partial charge in [0, 0.05) is 7.11 Å². The Balaban J connectivity index is 2.09. The first-order valence-corrected chi connectivity index (χ1v) is 6.27. The number of phenols is 1. The molecule has 5 heteroatoms. The van der Waals surface area contributed by atoms with Crippen LogP contribution >= 0.6 is 0 Å². The predicted octanol–water partition coefficient (Wildman–Crippen LogP) is 3.30. The Morgan fingerprint density at radius 3 is 2.60 bits per heavy atom. The van der Waals surface area contributed by atoms with Gasteiger partial charge in [-0.15, -0.1) is 0 Å². The molecular weight excluding hydrogens is 256 g/mol. The first-order valence-electron chi connectivity index (χ1n) is 6.27. The summed E-state index contributed by atoms with van der Waals surface area (Å²) in [5.41, 5.74) is 0.519. The SMILES string of the molecule is COC(C)c1noc(-c2cc3ccccc3cc2O)n1. The fourth-order valence-electron chi connectivity index (χ4n) is 2.01. The number of ether oxygens (including phenoxy) is 1. The van der Waals surface area contributed by atoms with Crippen LogP contribution in [0.15, 0.2) is 40.9 Å². The molecule has 20 heavy (non-hydrogen) atoms. The van der Waals surface area contributed by atoms with Crippen LogP contribution in [0.1, 0.15) is 18.9 Å². The number of phenolic OH excluding ortho intramolecular Hbond substituents is 1. The largest absolute Gasteiger partial charge is 0.507 e. The van der Waals surface area contributed by atoms with E-state index in [0.717, 1.165) is 10.8 Å². The lowest BCUT2D eigenvalue weighted by atomic mass is 10.1. The molecule has 3 aromatic rings. The first kappa shape index (κ1) is 12.6. The average molecular weight is 270 g/mol. The summed E-state index contributed by atoms with van der Waals surface area (Å²) in [4.78, 5) is 4.26. The highest BCUT2D eigenvalue weighted by molar-refractivity contribution is 5.89. The van der Waals surface area contributed by atoms with Crippen LogP contribution in [-0.2, 0) is 4.74 Å². The maximum absolute atomic E-state index is 10.1. The van der Waals surface area contributed by atoms with E-state index in [2.05, 4.69) is 10.1 Å². The molecule has 0 saturated carbocycles. The van der Waals surface area contributed by atoms with Crippen LogP contribution in [0, 0.1) is 0 Å². The summed E-state index contributed by atoms with van der Waals surface area (Å²) in [6.45, 7) is 1.83. The highest BCUT2D eigenvalue weighted by Gasteiger charge is 2.17. The van der Waals surface area contributed by atoms with Crippen LogP contribution in [0.4, 0.5) is 0 Å². The molecule has 5 nitrogen and oxygen atoms in total. The molecule has 0 aliphatic rings. The van der Waals surface area contributed by atoms with Crippen molar-refractivity contribution in [1.82, 2.24) is 10.1 Å². The quantitative estimate of drug-likeness (QED) is 0.790. The van der Waals surface area contributed by atoms with E-state index in [1.165, 1.54) is 0 Å². The molecule has 102 valence electrons. The fraction of sp³-hybridized carbons (Fsp3) is 0.200. The highest BCUT2D eigenvalue weighted by atomic mass is 16.5. The monoisotopic (exact) mass is 270 g/mol. The lowest BCUT2D eigenvalue weighted by molar-refractivity contribution is 0.109. The zero-order valence-electron chi connectivity index (χ0n) is 11.2. The molecule has 1 atom stereocenters. The summed E-state index contributed by atoms with van der Waals surface area (Å²) in [7, 11) is 1.58. The standard InChI is InChI=1S/C15H14N2O3/c1-9(19-2)14-16-15(20-17-14)12-7-10-5-3-4-6-11(10)8-13(12)18/h3-9,18H,1-2H3. The second-order valence-corrected chi connectivity index (χ2v) is 4.55. The van der Waals surface area contributed by atoms with Gasteiger partial charge in [0.2, 0.25) is 5.82 Å². The average Bonchev–Trinajstić information content (AvgIpc) is 2.95. The molecule has 0 aliphatic carbocycles. The van der Waals surface area contributed by atoms with Gasteiger partial charge in [0.15, 0.2) is 0 Å². The van der Waals surface area contributed by atoms with Gasteiger partial charge in [0.05, 0.1) is 5.56 Å². The minimum absolute atomic E-state index is 0.115. The molecule has 1 heterocycles. The van der Waals surface area contributed by atoms with E-state index < -0.39 is 0 Å². The molecule has 0 radical (unpaired) electrons. The maximum Gasteiger partial charge on any atom is 0.261 e. The third-order valence-corrected chi connectivity index (χ3v) is 3.25. The second kappa shape index (κ2) is 4.94. The molecule has 0 fully saturated rings. The number of fused-ring (bicyclic) bond motifs is 1. The normalized spacial score (nSPS) is 12.7. The maximum atomic E-state index is 10.1. The lowest BCUT2D eigenvalue weighted by Gasteiger charge is -2.03. The number of rotatable bonds is 3. The van der Waals surface area contributed by atoms with E-state index in [1.807, 2.05) is 37.3 Å². The summed E-state index contributed by atoms with van der Waals surface area (Å²) < 4.78 is 10.3. The van der Waals surface area contributed by atoms with Crippen molar-refractivity contribution in [3.63, 3.8) is 0 Å². The molecule has 0 saturated heterocycles. The van der Waals surface area contributed by atoms with Gasteiger partial charge in [-0.2, -0.15) is 4.98 Å². The Kier molecular flexibility index (Phi) is 3.12. The molecule has 0 spiro atoms. The van der Waals surface area contributed by atoms with Gasteiger partial charge in [-0.25, -0.2) is 0 Å². The van der Waals surface area contributed by atoms with Gasteiger partial charge in [0.25, 0.3) is 5.89 Å². The van der Waals surface area contributed by atoms with Gasteiger partial charge in [0.1, 0.15) is 11.9 Å². The summed E-state index contributed by atoms with van der Waals surface area (Å²) in [6.07, 6.45) is -0.255. The van der Waals surface area contributed by atoms with Crippen LogP contribution in [0.2, 0.25) is 0 Å². The van der Waals surface area contributed by atoms with Crippen LogP contribution < -0.4 is 0 Å². The van der Waals surface area contributed by atoms with Crippen molar-refractivity contribution in [2.75, 3.05) is 7.11 Å². The molecule has 2 aromatic carbocycles. The van der Waals surface area contributed by atoms with E-state index in [1.54, 1.807) is 13.2 Å². The smallest absolute Gasteiger partial charge is 0.261 e. The minimum Gasteiger partial charge on any atom is -0.507 e. The Hall–Kier alpha value is -2.40. The van der Waals surface area contributed by atoms with Crippen molar-refractivity contribution < 1.29 is 14.4 Å². The molecule has 0 amide bonds. The Bertz CT molecular complexity index is 752. The summed E-state index contributed by atoms with van der Waals surface area (Å²) in [5, 5.41) is 15.9. The molecule has 1 unspecified atom stereocenters. The number of benzene rings is 2. The van der Waals surface area contributed by atoms with E-state index in [4.69, 9.17) is 9.26 Å². The predicted molar refractivity (Wildman–Crippen MR) is 74.3 cm³/mol. The lowest BCUT2D eigenvalue weighted by Crippen LogP contribution is -1.97. The third-order valence-electron chi connectivity index (χ3n) is 3.25. The molecule has 1 N–H and O–H groups in total. The molecule has 0 bridgehead atoms. The van der Waals surface area contributed by atoms with E-state index in [9.17, 15) is 5.11 Å². The van der Waals surface area contributed by atoms with Crippen molar-refractivity contribution in [1.29, 1.82) is 0 Å². The van der Waals surface area contributed by atoms with Crippen molar-refractivity contribution in [2.45, 2.75) is 13.0 Å². The Morgan fingerprint density at radius 2 is 1.90 bits per heavy atom. The van der Waals surface area contributed by atoms with Crippen molar-refractivity contribution in [3.8, 4) is 17.2 Å². The number of nitrogens with zero attached hydrogens (tertiary/aromatic N) is 2. The zero-order valence-corrected chi connectivity index (χ0v) is 11.2. The summed E-state index contributed by atoms with van der Waals surface area (Å²) >= 11 is 0. The van der Waals surface area contributed by atoms with Crippen molar-refractivity contribution >= 4 is 10.8 Å². The van der Waals surface area contributed by atoms with Crippen LogP contribution in [0.5, 0.6) is 5.75 Å². The molecule has 3 rings (SSSR count). The minimum atomic E-state index is -0.255. The number of aromatic hydroxyl groups is 1. The van der Waals surface area contributed by atoms with E-state index in [0.29, 0.717) is 11.4 Å². The van der Waals surface area contributed by atoms with Gasteiger partial charge < -0.3 is 14.4 Å². The summed E-state index contributed by atoms with van der Waals surface area (Å²) in [6, 6.07) is 11.3. The van der Waals surface area contributed by atoms with Crippen molar-refractivity contribution in [3.05, 3.63) is 42.2 Å². The number of hydrogen-bond acceptors (Lipinski definition) is 5. The van der Waals surface area contributed by atoms with Crippen LogP contribution in [-0.4, -0.2) is 22.4 Å². The third kappa shape index (κ3) is 2.12. The number of hydrogen-bond donors (Lipinski definition) is 1. The van der Waals surface area contributed by atoms with Gasteiger partial charge in [-0.05, 0) is 29.8 Å². The summed E-state index contributed by atoms with van der Waals surface area (Å²) in [5.74, 6) is 0.853. The van der Waals surface area contributed by atoms with Gasteiger partial charge in [-0.3, -0.25) is 0 Å². The van der Waals surface area contributed by atoms with Crippen LogP contribution in [0.3, 0.4) is 0 Å².